The van der Waals surface area contributed by atoms with Crippen LogP contribution in [0.2, 0.25) is 0 Å². The zero-order valence-electron chi connectivity index (χ0n) is 10.5. The fourth-order valence-corrected chi connectivity index (χ4v) is 1.34. The van der Waals surface area contributed by atoms with Gasteiger partial charge in [0.2, 0.25) is 0 Å². The highest BCUT2D eigenvalue weighted by atomic mass is 16.5. The van der Waals surface area contributed by atoms with Crippen LogP contribution in [0.1, 0.15) is 18.4 Å². The van der Waals surface area contributed by atoms with E-state index < -0.39 is 0 Å². The maximum Gasteiger partial charge on any atom is 0.306 e. The molecule has 4 nitrogen and oxygen atoms in total. The largest absolute Gasteiger partial charge is 0.461 e. The number of hydrogen-bond donors (Lipinski definition) is 0. The molecule has 0 unspecified atom stereocenters. The fraction of sp³-hybridized carbons (Fsp3) is 0.286. The molecule has 0 spiro atoms. The maximum atomic E-state index is 11.5. The Kier molecular flexibility index (Phi) is 6.25. The van der Waals surface area contributed by atoms with Gasteiger partial charge in [0.25, 0.3) is 0 Å². The molecule has 4 heteroatoms. The second kappa shape index (κ2) is 8.06. The Balaban J connectivity index is 2.28. The molecule has 0 radical (unpaired) electrons. The van der Waals surface area contributed by atoms with E-state index in [2.05, 4.69) is 11.6 Å². The third kappa shape index (κ3) is 5.30. The first-order chi connectivity index (χ1) is 8.76. The molecule has 0 saturated heterocycles. The molecule has 0 aliphatic carbocycles. The van der Waals surface area contributed by atoms with Crippen LogP contribution in [0.3, 0.4) is 0 Å². The van der Waals surface area contributed by atoms with E-state index in [-0.39, 0.29) is 12.4 Å². The van der Waals surface area contributed by atoms with E-state index in [4.69, 9.17) is 9.47 Å². The number of nitrogens with zero attached hydrogens (tertiary/aromatic N) is 1. The van der Waals surface area contributed by atoms with Crippen LogP contribution < -0.4 is 0 Å². The lowest BCUT2D eigenvalue weighted by molar-refractivity contribution is -0.144. The minimum absolute atomic E-state index is 0.243. The Morgan fingerprint density at radius 2 is 2.06 bits per heavy atom. The third-order valence-electron chi connectivity index (χ3n) is 2.25. The van der Waals surface area contributed by atoms with E-state index in [0.29, 0.717) is 18.9 Å². The van der Waals surface area contributed by atoms with E-state index in [9.17, 15) is 4.79 Å². The molecule has 1 rings (SSSR count). The molecule has 0 atom stereocenters. The highest BCUT2D eigenvalue weighted by molar-refractivity contribution is 5.81. The molecule has 0 N–H and O–H groups in total. The van der Waals surface area contributed by atoms with Crippen LogP contribution in [0.4, 0.5) is 0 Å². The summed E-state index contributed by atoms with van der Waals surface area (Å²) in [5.74, 6) is 0.203. The summed E-state index contributed by atoms with van der Waals surface area (Å²) in [7, 11) is 1.61. The van der Waals surface area contributed by atoms with Crippen molar-refractivity contribution in [2.75, 3.05) is 7.05 Å². The standard InChI is InChI=1S/C14H17NO3/c1-3-17-13(15-2)9-10-14(16)18-11-12-7-5-4-6-8-12/h3-8H,1,9-11H2,2H3. The van der Waals surface area contributed by atoms with Crippen molar-refractivity contribution in [3.8, 4) is 0 Å². The van der Waals surface area contributed by atoms with Crippen LogP contribution in [-0.2, 0) is 20.9 Å². The van der Waals surface area contributed by atoms with Crippen LogP contribution in [0, 0.1) is 0 Å². The van der Waals surface area contributed by atoms with Gasteiger partial charge in [0, 0.05) is 13.5 Å². The Hall–Kier alpha value is -2.10. The molecule has 1 aromatic rings. The number of rotatable bonds is 6. The Morgan fingerprint density at radius 3 is 2.67 bits per heavy atom. The minimum atomic E-state index is -0.271. The van der Waals surface area contributed by atoms with Crippen LogP contribution >= 0.6 is 0 Å². The first-order valence-corrected chi connectivity index (χ1v) is 5.69. The zero-order valence-corrected chi connectivity index (χ0v) is 10.5. The normalized spacial score (nSPS) is 10.8. The quantitative estimate of drug-likeness (QED) is 0.336. The van der Waals surface area contributed by atoms with Crippen LogP contribution in [0.15, 0.2) is 48.2 Å². The van der Waals surface area contributed by atoms with Gasteiger partial charge in [-0.2, -0.15) is 0 Å². The third-order valence-corrected chi connectivity index (χ3v) is 2.25. The Labute approximate surface area is 107 Å². The van der Waals surface area contributed by atoms with E-state index in [1.54, 1.807) is 7.05 Å². The first kappa shape index (κ1) is 14.0. The van der Waals surface area contributed by atoms with Crippen LogP contribution in [0.25, 0.3) is 0 Å². The maximum absolute atomic E-state index is 11.5. The Morgan fingerprint density at radius 1 is 1.33 bits per heavy atom. The van der Waals surface area contributed by atoms with E-state index in [1.807, 2.05) is 30.3 Å². The average molecular weight is 247 g/mol. The molecule has 0 aromatic heterocycles. The predicted molar refractivity (Wildman–Crippen MR) is 70.1 cm³/mol. The molecule has 0 saturated carbocycles. The monoisotopic (exact) mass is 247 g/mol. The number of esters is 1. The smallest absolute Gasteiger partial charge is 0.306 e. The lowest BCUT2D eigenvalue weighted by Crippen LogP contribution is -2.08. The topological polar surface area (TPSA) is 47.9 Å². The van der Waals surface area contributed by atoms with Crippen molar-refractivity contribution in [3.63, 3.8) is 0 Å². The van der Waals surface area contributed by atoms with Gasteiger partial charge < -0.3 is 9.47 Å². The molecule has 1 aromatic carbocycles. The van der Waals surface area contributed by atoms with Gasteiger partial charge >= 0.3 is 5.97 Å². The molecule has 0 aliphatic rings. The summed E-state index contributed by atoms with van der Waals surface area (Å²) in [4.78, 5) is 15.4. The number of carbonyl (C=O) groups excluding carboxylic acids is 1. The lowest BCUT2D eigenvalue weighted by Gasteiger charge is -2.06. The van der Waals surface area contributed by atoms with Crippen molar-refractivity contribution < 1.29 is 14.3 Å². The molecular weight excluding hydrogens is 230 g/mol. The summed E-state index contributed by atoms with van der Waals surface area (Å²) < 4.78 is 10.1. The molecule has 0 fully saturated rings. The fourth-order valence-electron chi connectivity index (χ4n) is 1.34. The lowest BCUT2D eigenvalue weighted by atomic mass is 10.2. The molecule has 96 valence electrons. The van der Waals surface area contributed by atoms with E-state index in [0.717, 1.165) is 5.56 Å². The highest BCUT2D eigenvalue weighted by Crippen LogP contribution is 2.03. The molecule has 18 heavy (non-hydrogen) atoms. The number of hydrogen-bond acceptors (Lipinski definition) is 4. The van der Waals surface area contributed by atoms with Crippen molar-refractivity contribution in [1.29, 1.82) is 0 Å². The second-order valence-corrected chi connectivity index (χ2v) is 3.55. The van der Waals surface area contributed by atoms with Gasteiger partial charge in [-0.05, 0) is 5.56 Å². The number of benzene rings is 1. The van der Waals surface area contributed by atoms with Gasteiger partial charge in [0.15, 0.2) is 5.90 Å². The first-order valence-electron chi connectivity index (χ1n) is 5.69. The average Bonchev–Trinajstić information content (AvgIpc) is 2.42. The van der Waals surface area contributed by atoms with Crippen molar-refractivity contribution in [2.24, 2.45) is 4.99 Å². The summed E-state index contributed by atoms with van der Waals surface area (Å²) >= 11 is 0. The van der Waals surface area contributed by atoms with Gasteiger partial charge in [-0.3, -0.25) is 9.79 Å². The Bertz CT molecular complexity index is 412. The molecule has 0 heterocycles. The van der Waals surface area contributed by atoms with E-state index >= 15 is 0 Å². The number of carbonyl (C=O) groups is 1. The molecule has 0 amide bonds. The van der Waals surface area contributed by atoms with Gasteiger partial charge in [-0.1, -0.05) is 36.9 Å². The van der Waals surface area contributed by atoms with Crippen LogP contribution in [-0.4, -0.2) is 18.9 Å². The molecule has 0 bridgehead atoms. The summed E-state index contributed by atoms with van der Waals surface area (Å²) in [6.07, 6.45) is 1.95. The summed E-state index contributed by atoms with van der Waals surface area (Å²) in [5.41, 5.74) is 0.970. The predicted octanol–water partition coefficient (Wildman–Crippen LogP) is 2.70. The molecule has 0 aliphatic heterocycles. The summed E-state index contributed by atoms with van der Waals surface area (Å²) in [6, 6.07) is 9.55. The van der Waals surface area contributed by atoms with Gasteiger partial charge in [0.05, 0.1) is 12.7 Å². The van der Waals surface area contributed by atoms with Crippen molar-refractivity contribution in [1.82, 2.24) is 0 Å². The second-order valence-electron chi connectivity index (χ2n) is 3.55. The van der Waals surface area contributed by atoms with Gasteiger partial charge in [-0.15, -0.1) is 0 Å². The summed E-state index contributed by atoms with van der Waals surface area (Å²) in [5, 5.41) is 0. The minimum Gasteiger partial charge on any atom is -0.461 e. The van der Waals surface area contributed by atoms with Crippen molar-refractivity contribution >= 4 is 11.9 Å². The van der Waals surface area contributed by atoms with Crippen molar-refractivity contribution in [3.05, 3.63) is 48.7 Å². The number of aliphatic imine (C=N–C) groups is 1. The van der Waals surface area contributed by atoms with E-state index in [1.165, 1.54) is 6.26 Å². The zero-order chi connectivity index (χ0) is 13.2. The van der Waals surface area contributed by atoms with Crippen molar-refractivity contribution in [2.45, 2.75) is 19.4 Å². The highest BCUT2D eigenvalue weighted by Gasteiger charge is 2.06. The molecular formula is C14H17NO3. The summed E-state index contributed by atoms with van der Waals surface area (Å²) in [6.45, 7) is 3.72. The number of ether oxygens (including phenoxy) is 2. The van der Waals surface area contributed by atoms with Crippen LogP contribution in [0.5, 0.6) is 0 Å². The van der Waals surface area contributed by atoms with Gasteiger partial charge in [0.1, 0.15) is 6.61 Å². The van der Waals surface area contributed by atoms with Gasteiger partial charge in [-0.25, -0.2) is 0 Å². The SMILES string of the molecule is C=COC(CCC(=O)OCc1ccccc1)=NC.